The SMILES string of the molecule is Cl.Cl.O=C(CN[C@@H]1C[C@H]1c1ccccc1)NCC1CCNCC1. The molecule has 4 nitrogen and oxygen atoms in total. The molecule has 2 fully saturated rings. The number of amides is 1. The van der Waals surface area contributed by atoms with Gasteiger partial charge >= 0.3 is 0 Å². The zero-order chi connectivity index (χ0) is 14.5. The Morgan fingerprint density at radius 1 is 1.13 bits per heavy atom. The summed E-state index contributed by atoms with van der Waals surface area (Å²) in [5.41, 5.74) is 1.38. The summed E-state index contributed by atoms with van der Waals surface area (Å²) in [5.74, 6) is 1.36. The highest BCUT2D eigenvalue weighted by molar-refractivity contribution is 5.85. The zero-order valence-corrected chi connectivity index (χ0v) is 14.9. The molecule has 0 spiro atoms. The molecule has 1 aliphatic carbocycles. The van der Waals surface area contributed by atoms with E-state index in [9.17, 15) is 4.79 Å². The van der Waals surface area contributed by atoms with Gasteiger partial charge in [0.25, 0.3) is 0 Å². The van der Waals surface area contributed by atoms with Gasteiger partial charge in [0.15, 0.2) is 0 Å². The number of hydrogen-bond donors (Lipinski definition) is 3. The van der Waals surface area contributed by atoms with E-state index in [0.29, 0.717) is 24.4 Å². The van der Waals surface area contributed by atoms with E-state index in [0.717, 1.165) is 26.1 Å². The van der Waals surface area contributed by atoms with E-state index in [1.165, 1.54) is 18.4 Å². The predicted molar refractivity (Wildman–Crippen MR) is 98.7 cm³/mol. The molecule has 0 aromatic heterocycles. The number of rotatable bonds is 6. The van der Waals surface area contributed by atoms with Gasteiger partial charge in [0.2, 0.25) is 5.91 Å². The monoisotopic (exact) mass is 359 g/mol. The third-order valence-electron chi connectivity index (χ3n) is 4.59. The molecule has 130 valence electrons. The molecule has 1 amide bonds. The summed E-state index contributed by atoms with van der Waals surface area (Å²) in [6.45, 7) is 3.44. The normalized spacial score (nSPS) is 23.3. The summed E-state index contributed by atoms with van der Waals surface area (Å²) in [7, 11) is 0. The Bertz CT molecular complexity index is 466. The molecule has 1 aromatic rings. The average molecular weight is 360 g/mol. The highest BCUT2D eigenvalue weighted by Crippen LogP contribution is 2.40. The van der Waals surface area contributed by atoms with Crippen LogP contribution in [0.3, 0.4) is 0 Å². The maximum Gasteiger partial charge on any atom is 0.233 e. The first-order chi connectivity index (χ1) is 10.3. The van der Waals surface area contributed by atoms with Crippen LogP contribution in [0, 0.1) is 5.92 Å². The first-order valence-electron chi connectivity index (χ1n) is 8.08. The molecule has 3 rings (SSSR count). The van der Waals surface area contributed by atoms with Crippen molar-refractivity contribution in [3.8, 4) is 0 Å². The molecule has 3 N–H and O–H groups in total. The third-order valence-corrected chi connectivity index (χ3v) is 4.59. The van der Waals surface area contributed by atoms with E-state index in [1.54, 1.807) is 0 Å². The molecular formula is C17H27Cl2N3O. The molecule has 0 radical (unpaired) electrons. The van der Waals surface area contributed by atoms with Crippen LogP contribution in [0.25, 0.3) is 0 Å². The van der Waals surface area contributed by atoms with Gasteiger partial charge in [0, 0.05) is 18.5 Å². The van der Waals surface area contributed by atoms with Crippen LogP contribution in [0.5, 0.6) is 0 Å². The Morgan fingerprint density at radius 3 is 2.52 bits per heavy atom. The number of halogens is 2. The van der Waals surface area contributed by atoms with Crippen LogP contribution in [-0.2, 0) is 4.79 Å². The van der Waals surface area contributed by atoms with Crippen LogP contribution in [-0.4, -0.2) is 38.1 Å². The van der Waals surface area contributed by atoms with E-state index < -0.39 is 0 Å². The van der Waals surface area contributed by atoms with Crippen LogP contribution in [0.4, 0.5) is 0 Å². The van der Waals surface area contributed by atoms with Crippen molar-refractivity contribution in [3.05, 3.63) is 35.9 Å². The second-order valence-corrected chi connectivity index (χ2v) is 6.24. The van der Waals surface area contributed by atoms with Crippen molar-refractivity contribution in [2.45, 2.75) is 31.2 Å². The molecule has 1 heterocycles. The molecular weight excluding hydrogens is 333 g/mol. The Morgan fingerprint density at radius 2 is 1.83 bits per heavy atom. The minimum atomic E-state index is 0. The summed E-state index contributed by atoms with van der Waals surface area (Å²) in [6, 6.07) is 11.0. The molecule has 6 heteroatoms. The highest BCUT2D eigenvalue weighted by atomic mass is 35.5. The summed E-state index contributed by atoms with van der Waals surface area (Å²) >= 11 is 0. The van der Waals surface area contributed by atoms with E-state index >= 15 is 0 Å². The van der Waals surface area contributed by atoms with Gasteiger partial charge in [-0.2, -0.15) is 0 Å². The lowest BCUT2D eigenvalue weighted by Gasteiger charge is -2.22. The molecule has 1 aromatic carbocycles. The van der Waals surface area contributed by atoms with Crippen LogP contribution in [0.2, 0.25) is 0 Å². The van der Waals surface area contributed by atoms with Gasteiger partial charge in [-0.1, -0.05) is 30.3 Å². The van der Waals surface area contributed by atoms with Crippen molar-refractivity contribution in [2.75, 3.05) is 26.2 Å². The molecule has 1 saturated heterocycles. The molecule has 1 aliphatic heterocycles. The second kappa shape index (κ2) is 10.1. The summed E-state index contributed by atoms with van der Waals surface area (Å²) in [5, 5.41) is 9.78. The van der Waals surface area contributed by atoms with Crippen molar-refractivity contribution in [1.82, 2.24) is 16.0 Å². The third kappa shape index (κ3) is 6.30. The van der Waals surface area contributed by atoms with Gasteiger partial charge in [0.1, 0.15) is 0 Å². The summed E-state index contributed by atoms with van der Waals surface area (Å²) < 4.78 is 0. The number of carbonyl (C=O) groups excluding carboxylic acids is 1. The first-order valence-corrected chi connectivity index (χ1v) is 8.08. The van der Waals surface area contributed by atoms with Gasteiger partial charge in [0.05, 0.1) is 6.54 Å². The first kappa shape index (κ1) is 20.2. The smallest absolute Gasteiger partial charge is 0.233 e. The van der Waals surface area contributed by atoms with Gasteiger partial charge < -0.3 is 16.0 Å². The maximum absolute atomic E-state index is 11.9. The Kier molecular flexibility index (Phi) is 8.92. The van der Waals surface area contributed by atoms with Crippen molar-refractivity contribution < 1.29 is 4.79 Å². The average Bonchev–Trinajstić information content (AvgIpc) is 3.32. The number of carbonyl (C=O) groups is 1. The Balaban J connectivity index is 0.00000132. The van der Waals surface area contributed by atoms with Gasteiger partial charge in [-0.25, -0.2) is 0 Å². The molecule has 0 unspecified atom stereocenters. The fraction of sp³-hybridized carbons (Fsp3) is 0.588. The second-order valence-electron chi connectivity index (χ2n) is 6.24. The molecule has 1 saturated carbocycles. The van der Waals surface area contributed by atoms with E-state index in [1.807, 2.05) is 6.07 Å². The van der Waals surface area contributed by atoms with Crippen molar-refractivity contribution >= 4 is 30.7 Å². The lowest BCUT2D eigenvalue weighted by Crippen LogP contribution is -2.40. The van der Waals surface area contributed by atoms with Gasteiger partial charge in [-0.3, -0.25) is 4.79 Å². The minimum absolute atomic E-state index is 0. The van der Waals surface area contributed by atoms with E-state index in [-0.39, 0.29) is 30.7 Å². The zero-order valence-electron chi connectivity index (χ0n) is 13.3. The van der Waals surface area contributed by atoms with Gasteiger partial charge in [-0.15, -0.1) is 24.8 Å². The van der Waals surface area contributed by atoms with Crippen molar-refractivity contribution in [3.63, 3.8) is 0 Å². The molecule has 23 heavy (non-hydrogen) atoms. The number of piperidine rings is 1. The number of benzene rings is 1. The minimum Gasteiger partial charge on any atom is -0.355 e. The Hall–Kier alpha value is -0.810. The fourth-order valence-electron chi connectivity index (χ4n) is 3.12. The van der Waals surface area contributed by atoms with Crippen LogP contribution in [0.1, 0.15) is 30.7 Å². The predicted octanol–water partition coefficient (Wildman–Crippen LogP) is 2.09. The lowest BCUT2D eigenvalue weighted by molar-refractivity contribution is -0.120. The Labute approximate surface area is 151 Å². The van der Waals surface area contributed by atoms with Gasteiger partial charge in [-0.05, 0) is 43.8 Å². The molecule has 2 atom stereocenters. The van der Waals surface area contributed by atoms with E-state index in [2.05, 4.69) is 40.2 Å². The van der Waals surface area contributed by atoms with Crippen LogP contribution >= 0.6 is 24.8 Å². The summed E-state index contributed by atoms with van der Waals surface area (Å²) in [4.78, 5) is 11.9. The summed E-state index contributed by atoms with van der Waals surface area (Å²) in [6.07, 6.45) is 3.49. The standard InChI is InChI=1S/C17H25N3O.2ClH/c21-17(20-11-13-6-8-18-9-7-13)12-19-16-10-15(16)14-4-2-1-3-5-14;;/h1-5,13,15-16,18-19H,6-12H2,(H,20,21);2*1H/t15-,16+;;/m0../s1. The quantitative estimate of drug-likeness (QED) is 0.728. The largest absolute Gasteiger partial charge is 0.355 e. The van der Waals surface area contributed by atoms with E-state index in [4.69, 9.17) is 0 Å². The maximum atomic E-state index is 11.9. The molecule has 0 bridgehead atoms. The van der Waals surface area contributed by atoms with Crippen molar-refractivity contribution in [1.29, 1.82) is 0 Å². The fourth-order valence-corrected chi connectivity index (χ4v) is 3.12. The molecule has 2 aliphatic rings. The van der Waals surface area contributed by atoms with Crippen molar-refractivity contribution in [2.24, 2.45) is 5.92 Å². The number of nitrogens with one attached hydrogen (secondary N) is 3. The number of hydrogen-bond acceptors (Lipinski definition) is 3. The lowest BCUT2D eigenvalue weighted by atomic mass is 9.98. The topological polar surface area (TPSA) is 53.2 Å². The highest BCUT2D eigenvalue weighted by Gasteiger charge is 2.37. The van der Waals surface area contributed by atoms with Crippen LogP contribution < -0.4 is 16.0 Å². The van der Waals surface area contributed by atoms with Crippen LogP contribution in [0.15, 0.2) is 30.3 Å².